The molecule has 0 bridgehead atoms. The van der Waals surface area contributed by atoms with Crippen molar-refractivity contribution in [1.29, 1.82) is 0 Å². The number of benzene rings is 1. The Hall–Kier alpha value is -1.09. The van der Waals surface area contributed by atoms with Crippen molar-refractivity contribution in [3.05, 3.63) is 34.9 Å². The number of hydrogen-bond acceptors (Lipinski definition) is 2. The molecule has 0 fully saturated rings. The number of unbranched alkanes of at least 4 members (excludes halogenated alkanes) is 3. The number of halogens is 1. The number of aromatic nitrogens is 1. The van der Waals surface area contributed by atoms with E-state index in [4.69, 9.17) is 0 Å². The maximum absolute atomic E-state index is 4.47. The van der Waals surface area contributed by atoms with E-state index < -0.39 is 0 Å². The second kappa shape index (κ2) is 8.38. The predicted molar refractivity (Wildman–Crippen MR) is 95.9 cm³/mol. The third kappa shape index (κ3) is 4.99. The molecule has 2 nitrogen and oxygen atoms in total. The zero-order valence-electron chi connectivity index (χ0n) is 13.0. The summed E-state index contributed by atoms with van der Waals surface area (Å²) in [7, 11) is 0. The largest absolute Gasteiger partial charge is 0.370 e. The fourth-order valence-electron chi connectivity index (χ4n) is 2.55. The van der Waals surface area contributed by atoms with E-state index in [1.165, 1.54) is 42.9 Å². The van der Waals surface area contributed by atoms with Gasteiger partial charge in [0, 0.05) is 28.0 Å². The molecule has 1 aromatic heterocycles. The van der Waals surface area contributed by atoms with Crippen molar-refractivity contribution in [3.8, 4) is 0 Å². The minimum atomic E-state index is 0.835. The van der Waals surface area contributed by atoms with Gasteiger partial charge in [-0.25, -0.2) is 4.98 Å². The van der Waals surface area contributed by atoms with Crippen molar-refractivity contribution in [2.24, 2.45) is 5.92 Å². The van der Waals surface area contributed by atoms with Crippen molar-refractivity contribution in [1.82, 2.24) is 4.98 Å². The van der Waals surface area contributed by atoms with Gasteiger partial charge in [0.05, 0.1) is 0 Å². The van der Waals surface area contributed by atoms with E-state index in [9.17, 15) is 0 Å². The van der Waals surface area contributed by atoms with E-state index in [2.05, 4.69) is 64.3 Å². The minimum Gasteiger partial charge on any atom is -0.370 e. The Labute approximate surface area is 136 Å². The van der Waals surface area contributed by atoms with E-state index in [1.807, 2.05) is 6.20 Å². The molecule has 2 aromatic rings. The topological polar surface area (TPSA) is 24.9 Å². The first-order chi connectivity index (χ1) is 10.2. The van der Waals surface area contributed by atoms with Gasteiger partial charge in [0.25, 0.3) is 0 Å². The van der Waals surface area contributed by atoms with E-state index >= 15 is 0 Å². The van der Waals surface area contributed by atoms with Crippen molar-refractivity contribution < 1.29 is 0 Å². The highest BCUT2D eigenvalue weighted by Gasteiger charge is 2.03. The highest BCUT2D eigenvalue weighted by Crippen LogP contribution is 2.27. The van der Waals surface area contributed by atoms with Crippen LogP contribution in [0.5, 0.6) is 0 Å². The summed E-state index contributed by atoms with van der Waals surface area (Å²) in [5.41, 5.74) is 0. The quantitative estimate of drug-likeness (QED) is 0.590. The normalized spacial score (nSPS) is 11.2. The average molecular weight is 349 g/mol. The summed E-state index contributed by atoms with van der Waals surface area (Å²) < 4.78 is 1.12. The highest BCUT2D eigenvalue weighted by molar-refractivity contribution is 9.10. The van der Waals surface area contributed by atoms with E-state index in [-0.39, 0.29) is 0 Å². The standard InChI is InChI=1S/C18H25BrN2/c1-14(2)8-5-3-4-6-12-20-18-16-9-7-10-17(19)15(16)11-13-21-18/h7,9-11,13-14H,3-6,8,12H2,1-2H3,(H,20,21). The van der Waals surface area contributed by atoms with Gasteiger partial charge in [0.2, 0.25) is 0 Å². The van der Waals surface area contributed by atoms with Crippen LogP contribution in [0.2, 0.25) is 0 Å². The fourth-order valence-corrected chi connectivity index (χ4v) is 3.05. The fraction of sp³-hybridized carbons (Fsp3) is 0.500. The van der Waals surface area contributed by atoms with Crippen LogP contribution >= 0.6 is 15.9 Å². The lowest BCUT2D eigenvalue weighted by Crippen LogP contribution is -2.03. The maximum Gasteiger partial charge on any atom is 0.133 e. The summed E-state index contributed by atoms with van der Waals surface area (Å²) >= 11 is 3.60. The van der Waals surface area contributed by atoms with Crippen molar-refractivity contribution >= 4 is 32.5 Å². The molecule has 0 saturated carbocycles. The van der Waals surface area contributed by atoms with Crippen LogP contribution in [0.15, 0.2) is 34.9 Å². The first kappa shape index (κ1) is 16.3. The number of rotatable bonds is 8. The molecule has 0 atom stereocenters. The van der Waals surface area contributed by atoms with Gasteiger partial charge in [0.1, 0.15) is 5.82 Å². The number of pyridine rings is 1. The number of fused-ring (bicyclic) bond motifs is 1. The Morgan fingerprint density at radius 3 is 2.67 bits per heavy atom. The monoisotopic (exact) mass is 348 g/mol. The summed E-state index contributed by atoms with van der Waals surface area (Å²) in [5, 5.41) is 5.88. The van der Waals surface area contributed by atoms with Gasteiger partial charge in [-0.15, -0.1) is 0 Å². The van der Waals surface area contributed by atoms with Gasteiger partial charge >= 0.3 is 0 Å². The van der Waals surface area contributed by atoms with Crippen molar-refractivity contribution in [3.63, 3.8) is 0 Å². The number of nitrogens with one attached hydrogen (secondary N) is 1. The van der Waals surface area contributed by atoms with Crippen LogP contribution in [0.4, 0.5) is 5.82 Å². The Bertz CT molecular complexity index is 566. The zero-order chi connectivity index (χ0) is 15.1. The molecule has 0 radical (unpaired) electrons. The third-order valence-electron chi connectivity index (χ3n) is 3.75. The van der Waals surface area contributed by atoms with Crippen LogP contribution in [0.3, 0.4) is 0 Å². The molecule has 0 aliphatic rings. The molecule has 1 heterocycles. The summed E-state index contributed by atoms with van der Waals surface area (Å²) in [6, 6.07) is 8.31. The number of anilines is 1. The number of nitrogens with zero attached hydrogens (tertiary/aromatic N) is 1. The minimum absolute atomic E-state index is 0.835. The highest BCUT2D eigenvalue weighted by atomic mass is 79.9. The third-order valence-corrected chi connectivity index (χ3v) is 4.45. The molecular weight excluding hydrogens is 324 g/mol. The lowest BCUT2D eigenvalue weighted by Gasteiger charge is -2.09. The van der Waals surface area contributed by atoms with Gasteiger partial charge in [-0.05, 0) is 24.5 Å². The van der Waals surface area contributed by atoms with Gasteiger partial charge in [-0.2, -0.15) is 0 Å². The summed E-state index contributed by atoms with van der Waals surface area (Å²) in [4.78, 5) is 4.47. The average Bonchev–Trinajstić information content (AvgIpc) is 2.47. The molecule has 3 heteroatoms. The van der Waals surface area contributed by atoms with Crippen LogP contribution in [-0.4, -0.2) is 11.5 Å². The van der Waals surface area contributed by atoms with Gasteiger partial charge in [-0.1, -0.05) is 67.6 Å². The van der Waals surface area contributed by atoms with E-state index in [0.717, 1.165) is 22.8 Å². The van der Waals surface area contributed by atoms with Crippen molar-refractivity contribution in [2.45, 2.75) is 46.0 Å². The van der Waals surface area contributed by atoms with E-state index in [0.29, 0.717) is 0 Å². The lowest BCUT2D eigenvalue weighted by atomic mass is 10.0. The van der Waals surface area contributed by atoms with Crippen molar-refractivity contribution in [2.75, 3.05) is 11.9 Å². The molecule has 2 rings (SSSR count). The molecule has 1 aromatic carbocycles. The van der Waals surface area contributed by atoms with Gasteiger partial charge in [-0.3, -0.25) is 0 Å². The van der Waals surface area contributed by atoms with Gasteiger partial charge < -0.3 is 5.32 Å². The molecule has 0 aliphatic heterocycles. The smallest absolute Gasteiger partial charge is 0.133 e. The molecule has 0 spiro atoms. The SMILES string of the molecule is CC(C)CCCCCCNc1nccc2c(Br)cccc12. The first-order valence-electron chi connectivity index (χ1n) is 7.95. The van der Waals surface area contributed by atoms with Crippen LogP contribution in [0.25, 0.3) is 10.8 Å². The summed E-state index contributed by atoms with van der Waals surface area (Å²) in [5.74, 6) is 1.83. The zero-order valence-corrected chi connectivity index (χ0v) is 14.6. The molecule has 1 N–H and O–H groups in total. The molecule has 0 unspecified atom stereocenters. The van der Waals surface area contributed by atoms with Crippen LogP contribution in [0, 0.1) is 5.92 Å². The molecule has 114 valence electrons. The molecule has 0 amide bonds. The Kier molecular flexibility index (Phi) is 6.50. The van der Waals surface area contributed by atoms with Crippen LogP contribution < -0.4 is 5.32 Å². The second-order valence-corrected chi connectivity index (χ2v) is 6.87. The molecular formula is C18H25BrN2. The number of hydrogen-bond donors (Lipinski definition) is 1. The Morgan fingerprint density at radius 1 is 1.05 bits per heavy atom. The molecule has 0 aliphatic carbocycles. The molecule has 21 heavy (non-hydrogen) atoms. The summed E-state index contributed by atoms with van der Waals surface area (Å²) in [6.45, 7) is 5.60. The first-order valence-corrected chi connectivity index (χ1v) is 8.75. The lowest BCUT2D eigenvalue weighted by molar-refractivity contribution is 0.523. The van der Waals surface area contributed by atoms with Gasteiger partial charge in [0.15, 0.2) is 0 Å². The predicted octanol–water partition coefficient (Wildman–Crippen LogP) is 6.02. The second-order valence-electron chi connectivity index (χ2n) is 6.02. The maximum atomic E-state index is 4.47. The molecule has 0 saturated heterocycles. The van der Waals surface area contributed by atoms with E-state index in [1.54, 1.807) is 0 Å². The Morgan fingerprint density at radius 2 is 1.86 bits per heavy atom. The summed E-state index contributed by atoms with van der Waals surface area (Å²) in [6.07, 6.45) is 8.44. The van der Waals surface area contributed by atoms with Crippen LogP contribution in [0.1, 0.15) is 46.0 Å². The van der Waals surface area contributed by atoms with Crippen LogP contribution in [-0.2, 0) is 0 Å². The Balaban J connectivity index is 1.80.